The van der Waals surface area contributed by atoms with Gasteiger partial charge >= 0.3 is 5.97 Å². The van der Waals surface area contributed by atoms with Gasteiger partial charge in [0.2, 0.25) is 5.91 Å². The fourth-order valence-electron chi connectivity index (χ4n) is 3.81. The number of rotatable bonds is 9. The number of benzene rings is 2. The van der Waals surface area contributed by atoms with Gasteiger partial charge in [-0.15, -0.1) is 21.5 Å². The molecule has 0 atom stereocenters. The van der Waals surface area contributed by atoms with E-state index < -0.39 is 5.97 Å². The second kappa shape index (κ2) is 11.4. The Kier molecular flexibility index (Phi) is 8.07. The molecule has 0 saturated heterocycles. The van der Waals surface area contributed by atoms with Gasteiger partial charge in [-0.2, -0.15) is 0 Å². The lowest BCUT2D eigenvalue weighted by molar-refractivity contribution is -0.113. The van der Waals surface area contributed by atoms with Crippen molar-refractivity contribution in [1.82, 2.24) is 14.8 Å². The van der Waals surface area contributed by atoms with Crippen molar-refractivity contribution in [3.05, 3.63) is 65.0 Å². The quantitative estimate of drug-likeness (QED) is 0.228. The number of methoxy groups -OCH3 is 2. The maximum atomic E-state index is 12.9. The van der Waals surface area contributed by atoms with Crippen LogP contribution in [0.3, 0.4) is 0 Å². The number of aromatic nitrogens is 3. The zero-order chi connectivity index (χ0) is 25.7. The van der Waals surface area contributed by atoms with Crippen LogP contribution in [0.25, 0.3) is 22.5 Å². The fraction of sp³-hybridized carbons (Fsp3) is 0.231. The maximum Gasteiger partial charge on any atom is 0.341 e. The van der Waals surface area contributed by atoms with Gasteiger partial charge in [-0.1, -0.05) is 42.1 Å². The van der Waals surface area contributed by atoms with Crippen LogP contribution in [0.2, 0.25) is 0 Å². The topological polar surface area (TPSA) is 95.3 Å². The number of nitrogens with one attached hydrogen (secondary N) is 1. The molecule has 4 rings (SSSR count). The zero-order valence-electron chi connectivity index (χ0n) is 20.4. The highest BCUT2D eigenvalue weighted by Crippen LogP contribution is 2.40. The van der Waals surface area contributed by atoms with Crippen molar-refractivity contribution >= 4 is 40.0 Å². The number of amides is 1. The number of thioether (sulfide) groups is 1. The molecule has 4 aromatic rings. The first kappa shape index (κ1) is 25.5. The lowest BCUT2D eigenvalue weighted by atomic mass is 10.0. The molecule has 1 amide bonds. The maximum absolute atomic E-state index is 12.9. The SMILES string of the molecule is CCn1c(SCC(=O)Nc2sc(C)c(-c3ccccc3)c2C(=O)OC)nnc1-c1ccc(OC)cc1. The van der Waals surface area contributed by atoms with Crippen molar-refractivity contribution in [1.29, 1.82) is 0 Å². The van der Waals surface area contributed by atoms with Gasteiger partial charge in [-0.25, -0.2) is 4.79 Å². The highest BCUT2D eigenvalue weighted by Gasteiger charge is 2.25. The Morgan fingerprint density at radius 1 is 1.03 bits per heavy atom. The van der Waals surface area contributed by atoms with Gasteiger partial charge in [0.25, 0.3) is 0 Å². The van der Waals surface area contributed by atoms with E-state index in [4.69, 9.17) is 9.47 Å². The average molecular weight is 523 g/mol. The molecule has 0 saturated carbocycles. The minimum atomic E-state index is -0.490. The van der Waals surface area contributed by atoms with E-state index in [1.54, 1.807) is 7.11 Å². The average Bonchev–Trinajstić information content (AvgIpc) is 3.47. The fourth-order valence-corrected chi connectivity index (χ4v) is 5.69. The van der Waals surface area contributed by atoms with Gasteiger partial charge in [-0.05, 0) is 43.7 Å². The van der Waals surface area contributed by atoms with Gasteiger partial charge in [0, 0.05) is 22.5 Å². The first-order valence-electron chi connectivity index (χ1n) is 11.2. The summed E-state index contributed by atoms with van der Waals surface area (Å²) in [7, 11) is 2.96. The molecular weight excluding hydrogens is 496 g/mol. The molecule has 2 heterocycles. The third kappa shape index (κ3) is 5.29. The van der Waals surface area contributed by atoms with E-state index in [0.717, 1.165) is 33.1 Å². The predicted molar refractivity (Wildman–Crippen MR) is 143 cm³/mol. The molecule has 0 aliphatic rings. The largest absolute Gasteiger partial charge is 0.497 e. The number of ether oxygens (including phenoxy) is 2. The summed E-state index contributed by atoms with van der Waals surface area (Å²) in [6, 6.07) is 17.2. The van der Waals surface area contributed by atoms with Gasteiger partial charge in [0.05, 0.1) is 20.0 Å². The minimum absolute atomic E-state index is 0.110. The normalized spacial score (nSPS) is 10.8. The molecule has 0 aliphatic carbocycles. The predicted octanol–water partition coefficient (Wildman–Crippen LogP) is 5.53. The van der Waals surface area contributed by atoms with Crippen LogP contribution in [0.1, 0.15) is 22.2 Å². The molecule has 0 bridgehead atoms. The standard InChI is InChI=1S/C26H26N4O4S2/c1-5-30-23(18-11-13-19(33-3)14-12-18)28-29-26(30)35-15-20(31)27-24-22(25(32)34-4)21(16(2)36-24)17-9-7-6-8-10-17/h6-14H,5,15H2,1-4H3,(H,27,31). The number of esters is 1. The van der Waals surface area contributed by atoms with Crippen LogP contribution < -0.4 is 10.1 Å². The third-order valence-corrected chi connectivity index (χ3v) is 7.49. The van der Waals surface area contributed by atoms with E-state index in [1.165, 1.54) is 30.2 Å². The first-order valence-corrected chi connectivity index (χ1v) is 13.0. The van der Waals surface area contributed by atoms with Crippen molar-refractivity contribution in [3.63, 3.8) is 0 Å². The molecule has 0 fully saturated rings. The summed E-state index contributed by atoms with van der Waals surface area (Å²) in [5.74, 6) is 0.855. The summed E-state index contributed by atoms with van der Waals surface area (Å²) < 4.78 is 12.2. The van der Waals surface area contributed by atoms with Crippen molar-refractivity contribution in [2.24, 2.45) is 0 Å². The van der Waals surface area contributed by atoms with E-state index in [0.29, 0.717) is 22.3 Å². The summed E-state index contributed by atoms with van der Waals surface area (Å²) in [6.45, 7) is 4.58. The van der Waals surface area contributed by atoms with Crippen LogP contribution in [-0.2, 0) is 16.1 Å². The lowest BCUT2D eigenvalue weighted by Crippen LogP contribution is -2.16. The molecule has 0 radical (unpaired) electrons. The lowest BCUT2D eigenvalue weighted by Gasteiger charge is -2.09. The summed E-state index contributed by atoms with van der Waals surface area (Å²) in [4.78, 5) is 26.5. The van der Waals surface area contributed by atoms with E-state index in [9.17, 15) is 9.59 Å². The number of carbonyl (C=O) groups is 2. The van der Waals surface area contributed by atoms with Gasteiger partial charge in [0.1, 0.15) is 16.3 Å². The zero-order valence-corrected chi connectivity index (χ0v) is 22.0. The van der Waals surface area contributed by atoms with Crippen molar-refractivity contribution in [2.75, 3.05) is 25.3 Å². The molecular formula is C26H26N4O4S2. The highest BCUT2D eigenvalue weighted by atomic mass is 32.2. The Hall–Kier alpha value is -3.63. The Labute approximate surface area is 217 Å². The summed E-state index contributed by atoms with van der Waals surface area (Å²) in [5.41, 5.74) is 2.93. The van der Waals surface area contributed by atoms with Crippen LogP contribution in [0.4, 0.5) is 5.00 Å². The number of carbonyl (C=O) groups excluding carboxylic acids is 2. The molecule has 0 aliphatic heterocycles. The molecule has 0 unspecified atom stereocenters. The summed E-state index contributed by atoms with van der Waals surface area (Å²) >= 11 is 2.65. The Bertz CT molecular complexity index is 1360. The van der Waals surface area contributed by atoms with Crippen molar-refractivity contribution < 1.29 is 19.1 Å². The molecule has 0 spiro atoms. The molecule has 8 nitrogen and oxygen atoms in total. The number of hydrogen-bond donors (Lipinski definition) is 1. The Morgan fingerprint density at radius 3 is 2.39 bits per heavy atom. The molecule has 10 heteroatoms. The Morgan fingerprint density at radius 2 is 1.75 bits per heavy atom. The van der Waals surface area contributed by atoms with Crippen molar-refractivity contribution in [2.45, 2.75) is 25.5 Å². The highest BCUT2D eigenvalue weighted by molar-refractivity contribution is 7.99. The van der Waals surface area contributed by atoms with E-state index in [1.807, 2.05) is 73.0 Å². The number of hydrogen-bond acceptors (Lipinski definition) is 8. The molecule has 2 aromatic heterocycles. The van der Waals surface area contributed by atoms with E-state index in [2.05, 4.69) is 15.5 Å². The van der Waals surface area contributed by atoms with Crippen LogP contribution in [0.5, 0.6) is 5.75 Å². The number of thiophene rings is 1. The second-order valence-electron chi connectivity index (χ2n) is 7.71. The Balaban J connectivity index is 1.52. The van der Waals surface area contributed by atoms with Crippen LogP contribution in [-0.4, -0.2) is 46.6 Å². The number of aryl methyl sites for hydroxylation is 1. The molecule has 2 aromatic carbocycles. The third-order valence-electron chi connectivity index (χ3n) is 5.50. The van der Waals surface area contributed by atoms with Gasteiger partial charge in [0.15, 0.2) is 11.0 Å². The van der Waals surface area contributed by atoms with Gasteiger partial charge in [-0.3, -0.25) is 4.79 Å². The molecule has 1 N–H and O–H groups in total. The minimum Gasteiger partial charge on any atom is -0.497 e. The number of anilines is 1. The molecule has 186 valence electrons. The van der Waals surface area contributed by atoms with Crippen LogP contribution in [0.15, 0.2) is 59.8 Å². The summed E-state index contributed by atoms with van der Waals surface area (Å²) in [6.07, 6.45) is 0. The monoisotopic (exact) mass is 522 g/mol. The smallest absolute Gasteiger partial charge is 0.341 e. The van der Waals surface area contributed by atoms with Gasteiger partial charge < -0.3 is 19.4 Å². The van der Waals surface area contributed by atoms with Crippen LogP contribution in [0, 0.1) is 6.92 Å². The second-order valence-corrected chi connectivity index (χ2v) is 9.88. The van der Waals surface area contributed by atoms with Crippen LogP contribution >= 0.6 is 23.1 Å². The van der Waals surface area contributed by atoms with E-state index in [-0.39, 0.29) is 11.7 Å². The number of nitrogens with zero attached hydrogens (tertiary/aromatic N) is 3. The first-order chi connectivity index (χ1) is 17.5. The van der Waals surface area contributed by atoms with E-state index >= 15 is 0 Å². The molecule has 36 heavy (non-hydrogen) atoms. The van der Waals surface area contributed by atoms with Crippen molar-refractivity contribution in [3.8, 4) is 28.3 Å². The summed E-state index contributed by atoms with van der Waals surface area (Å²) in [5, 5.41) is 12.6.